The highest BCUT2D eigenvalue weighted by Crippen LogP contribution is 2.27. The standard InChI is InChI=1S/C24H26N2O3S/c1-18-14-16-20(17-15-18)22(19-10-6-4-7-11-19)25-24(27)23(26(2)30(3,28)29)21-12-8-5-9-13-21/h4-17,22-23H,1-3H3,(H,25,27)/t22-,23+/m0/s1. The van der Waals surface area contributed by atoms with Crippen molar-refractivity contribution >= 4 is 15.9 Å². The van der Waals surface area contributed by atoms with E-state index in [1.165, 1.54) is 7.05 Å². The third-order valence-electron chi connectivity index (χ3n) is 5.08. The lowest BCUT2D eigenvalue weighted by Crippen LogP contribution is -2.42. The minimum absolute atomic E-state index is 0.386. The number of benzene rings is 3. The SMILES string of the molecule is Cc1ccc([C@@H](NC(=O)[C@@H](c2ccccc2)N(C)S(C)(=O)=O)c2ccccc2)cc1. The third kappa shape index (κ3) is 5.14. The lowest BCUT2D eigenvalue weighted by atomic mass is 9.97. The first-order valence-electron chi connectivity index (χ1n) is 9.67. The average molecular weight is 423 g/mol. The van der Waals surface area contributed by atoms with Gasteiger partial charge in [0.25, 0.3) is 0 Å². The first-order chi connectivity index (χ1) is 14.3. The van der Waals surface area contributed by atoms with Gasteiger partial charge in [-0.2, -0.15) is 4.31 Å². The number of carbonyl (C=O) groups excluding carboxylic acids is 1. The molecule has 0 spiro atoms. The van der Waals surface area contributed by atoms with Crippen LogP contribution in [0.5, 0.6) is 0 Å². The summed E-state index contributed by atoms with van der Waals surface area (Å²) in [6.45, 7) is 2.01. The summed E-state index contributed by atoms with van der Waals surface area (Å²) in [6.07, 6.45) is 1.10. The van der Waals surface area contributed by atoms with Crippen molar-refractivity contribution in [3.8, 4) is 0 Å². The van der Waals surface area contributed by atoms with Crippen molar-refractivity contribution in [1.29, 1.82) is 0 Å². The third-order valence-corrected chi connectivity index (χ3v) is 6.34. The van der Waals surface area contributed by atoms with Crippen LogP contribution < -0.4 is 5.32 Å². The van der Waals surface area contributed by atoms with Crippen LogP contribution in [0.3, 0.4) is 0 Å². The summed E-state index contributed by atoms with van der Waals surface area (Å²) in [4.78, 5) is 13.4. The molecule has 0 fully saturated rings. The van der Waals surface area contributed by atoms with Crippen molar-refractivity contribution in [2.75, 3.05) is 13.3 Å². The zero-order valence-corrected chi connectivity index (χ0v) is 18.1. The molecule has 0 unspecified atom stereocenters. The number of rotatable bonds is 7. The van der Waals surface area contributed by atoms with Gasteiger partial charge in [0.1, 0.15) is 6.04 Å². The fourth-order valence-electron chi connectivity index (χ4n) is 3.34. The smallest absolute Gasteiger partial charge is 0.243 e. The van der Waals surface area contributed by atoms with Crippen molar-refractivity contribution < 1.29 is 13.2 Å². The second-order valence-electron chi connectivity index (χ2n) is 7.36. The van der Waals surface area contributed by atoms with Gasteiger partial charge in [-0.1, -0.05) is 90.5 Å². The van der Waals surface area contributed by atoms with Crippen molar-refractivity contribution in [1.82, 2.24) is 9.62 Å². The van der Waals surface area contributed by atoms with E-state index < -0.39 is 22.1 Å². The number of sulfonamides is 1. The van der Waals surface area contributed by atoms with E-state index in [1.807, 2.05) is 67.6 Å². The molecule has 6 heteroatoms. The fourth-order valence-corrected chi connectivity index (χ4v) is 3.94. The highest BCUT2D eigenvalue weighted by atomic mass is 32.2. The van der Waals surface area contributed by atoms with Crippen LogP contribution in [-0.2, 0) is 14.8 Å². The number of nitrogens with zero attached hydrogens (tertiary/aromatic N) is 1. The number of likely N-dealkylation sites (N-methyl/N-ethyl adjacent to an activating group) is 1. The molecule has 0 saturated carbocycles. The number of hydrogen-bond acceptors (Lipinski definition) is 3. The van der Waals surface area contributed by atoms with Crippen molar-refractivity contribution in [2.24, 2.45) is 0 Å². The lowest BCUT2D eigenvalue weighted by molar-refractivity contribution is -0.125. The molecule has 3 rings (SSSR count). The van der Waals surface area contributed by atoms with Crippen molar-refractivity contribution in [2.45, 2.75) is 19.0 Å². The second-order valence-corrected chi connectivity index (χ2v) is 9.40. The number of aryl methyl sites for hydroxylation is 1. The molecular weight excluding hydrogens is 396 g/mol. The van der Waals surface area contributed by atoms with Gasteiger partial charge < -0.3 is 5.32 Å². The molecule has 0 radical (unpaired) electrons. The van der Waals surface area contributed by atoms with E-state index in [4.69, 9.17) is 0 Å². The van der Waals surface area contributed by atoms with E-state index in [0.29, 0.717) is 5.56 Å². The van der Waals surface area contributed by atoms with Gasteiger partial charge in [0, 0.05) is 7.05 Å². The molecule has 1 amide bonds. The maximum Gasteiger partial charge on any atom is 0.243 e. The minimum atomic E-state index is -3.59. The number of nitrogens with one attached hydrogen (secondary N) is 1. The molecule has 5 nitrogen and oxygen atoms in total. The molecular formula is C24H26N2O3S. The summed E-state index contributed by atoms with van der Waals surface area (Å²) in [7, 11) is -2.17. The van der Waals surface area contributed by atoms with E-state index in [9.17, 15) is 13.2 Å². The molecule has 0 saturated heterocycles. The Morgan fingerprint density at radius 1 is 0.800 bits per heavy atom. The van der Waals surface area contributed by atoms with Crippen LogP contribution in [-0.4, -0.2) is 31.9 Å². The molecule has 0 aromatic heterocycles. The Labute approximate surface area is 178 Å². The van der Waals surface area contributed by atoms with Gasteiger partial charge in [0.05, 0.1) is 12.3 Å². The van der Waals surface area contributed by atoms with Gasteiger partial charge in [-0.25, -0.2) is 8.42 Å². The van der Waals surface area contributed by atoms with Crippen LogP contribution in [0.2, 0.25) is 0 Å². The van der Waals surface area contributed by atoms with Crippen molar-refractivity contribution in [3.63, 3.8) is 0 Å². The Hall–Kier alpha value is -2.96. The Balaban J connectivity index is 2.01. The van der Waals surface area contributed by atoms with E-state index >= 15 is 0 Å². The zero-order chi connectivity index (χ0) is 21.7. The molecule has 0 aliphatic carbocycles. The minimum Gasteiger partial charge on any atom is -0.343 e. The summed E-state index contributed by atoms with van der Waals surface area (Å²) >= 11 is 0. The van der Waals surface area contributed by atoms with Crippen LogP contribution in [0.15, 0.2) is 84.9 Å². The first kappa shape index (κ1) is 21.7. The fraction of sp³-hybridized carbons (Fsp3) is 0.208. The highest BCUT2D eigenvalue weighted by Gasteiger charge is 2.32. The van der Waals surface area contributed by atoms with E-state index in [2.05, 4.69) is 5.32 Å². The van der Waals surface area contributed by atoms with Gasteiger partial charge in [-0.15, -0.1) is 0 Å². The molecule has 0 bridgehead atoms. The van der Waals surface area contributed by atoms with Gasteiger partial charge in [0.2, 0.25) is 15.9 Å². The van der Waals surface area contributed by atoms with E-state index in [0.717, 1.165) is 27.3 Å². The van der Waals surface area contributed by atoms with Crippen LogP contribution >= 0.6 is 0 Å². The number of carbonyl (C=O) groups is 1. The summed E-state index contributed by atoms with van der Waals surface area (Å²) in [6, 6.07) is 25.1. The largest absolute Gasteiger partial charge is 0.343 e. The quantitative estimate of drug-likeness (QED) is 0.629. The molecule has 0 aliphatic heterocycles. The summed E-state index contributed by atoms with van der Waals surface area (Å²) < 4.78 is 25.6. The lowest BCUT2D eigenvalue weighted by Gasteiger charge is -2.28. The van der Waals surface area contributed by atoms with Crippen molar-refractivity contribution in [3.05, 3.63) is 107 Å². The molecule has 156 valence electrons. The molecule has 0 heterocycles. The monoisotopic (exact) mass is 422 g/mol. The second kappa shape index (κ2) is 9.24. The maximum atomic E-state index is 13.4. The predicted molar refractivity (Wildman–Crippen MR) is 119 cm³/mol. The number of hydrogen-bond donors (Lipinski definition) is 1. The maximum absolute atomic E-state index is 13.4. The van der Waals surface area contributed by atoms with Gasteiger partial charge >= 0.3 is 0 Å². The summed E-state index contributed by atoms with van der Waals surface area (Å²) in [5.41, 5.74) is 3.58. The van der Waals surface area contributed by atoms with E-state index in [-0.39, 0.29) is 5.91 Å². The highest BCUT2D eigenvalue weighted by molar-refractivity contribution is 7.88. The molecule has 30 heavy (non-hydrogen) atoms. The topological polar surface area (TPSA) is 66.5 Å². The molecule has 2 atom stereocenters. The van der Waals surface area contributed by atoms with Crippen LogP contribution in [0.25, 0.3) is 0 Å². The molecule has 3 aromatic rings. The predicted octanol–water partition coefficient (Wildman–Crippen LogP) is 3.83. The first-order valence-corrected chi connectivity index (χ1v) is 11.5. The van der Waals surface area contributed by atoms with Crippen LogP contribution in [0.1, 0.15) is 34.3 Å². The summed E-state index contributed by atoms with van der Waals surface area (Å²) in [5, 5.41) is 3.08. The van der Waals surface area contributed by atoms with Crippen LogP contribution in [0.4, 0.5) is 0 Å². The van der Waals surface area contributed by atoms with Gasteiger partial charge in [-0.05, 0) is 23.6 Å². The Kier molecular flexibility index (Phi) is 6.70. The van der Waals surface area contributed by atoms with Gasteiger partial charge in [-0.3, -0.25) is 4.79 Å². The number of amides is 1. The van der Waals surface area contributed by atoms with E-state index in [1.54, 1.807) is 24.3 Å². The molecule has 3 aromatic carbocycles. The Morgan fingerprint density at radius 2 is 1.27 bits per heavy atom. The molecule has 0 aliphatic rings. The normalized spacial score (nSPS) is 13.6. The zero-order valence-electron chi connectivity index (χ0n) is 17.3. The Morgan fingerprint density at radius 3 is 1.77 bits per heavy atom. The van der Waals surface area contributed by atoms with Gasteiger partial charge in [0.15, 0.2) is 0 Å². The Bertz CT molecular complexity index is 1080. The summed E-state index contributed by atoms with van der Waals surface area (Å²) in [5.74, 6) is -0.386. The average Bonchev–Trinajstić information content (AvgIpc) is 2.74. The van der Waals surface area contributed by atoms with Crippen LogP contribution in [0, 0.1) is 6.92 Å². The molecule has 1 N–H and O–H groups in total.